The lowest BCUT2D eigenvalue weighted by Gasteiger charge is -2.15. The van der Waals surface area contributed by atoms with E-state index < -0.39 is 32.1 Å². The average molecular weight is 334 g/mol. The fourth-order valence-corrected chi connectivity index (χ4v) is 3.04. The first-order valence-electron chi connectivity index (χ1n) is 6.09. The van der Waals surface area contributed by atoms with Crippen molar-refractivity contribution in [3.8, 4) is 0 Å². The molecule has 0 fully saturated rings. The van der Waals surface area contributed by atoms with E-state index in [0.29, 0.717) is 0 Å². The average Bonchev–Trinajstić information content (AvgIpc) is 2.40. The number of pyridine rings is 1. The molecule has 0 saturated heterocycles. The summed E-state index contributed by atoms with van der Waals surface area (Å²) in [6.07, 6.45) is -3.52. The number of halogens is 3. The Hall–Kier alpha value is -1.87. The number of rotatable bonds is 2. The van der Waals surface area contributed by atoms with Crippen LogP contribution < -0.4 is 5.43 Å². The Kier molecular flexibility index (Phi) is 3.82. The van der Waals surface area contributed by atoms with Gasteiger partial charge in [0.05, 0.1) is 11.1 Å². The molecule has 5 nitrogen and oxygen atoms in total. The van der Waals surface area contributed by atoms with E-state index in [9.17, 15) is 26.4 Å². The summed E-state index contributed by atoms with van der Waals surface area (Å²) in [5, 5.41) is -0.0848. The molecule has 0 atom stereocenters. The predicted molar refractivity (Wildman–Crippen MR) is 75.1 cm³/mol. The van der Waals surface area contributed by atoms with Gasteiger partial charge in [-0.3, -0.25) is 4.79 Å². The molecule has 0 aliphatic rings. The number of alkyl halides is 3. The summed E-state index contributed by atoms with van der Waals surface area (Å²) in [7, 11) is -0.0576. The Morgan fingerprint density at radius 2 is 1.77 bits per heavy atom. The number of aryl methyl sites for hydroxylation is 1. The third-order valence-corrected chi connectivity index (χ3v) is 5.05. The molecule has 0 spiro atoms. The molecule has 22 heavy (non-hydrogen) atoms. The van der Waals surface area contributed by atoms with Crippen molar-refractivity contribution in [2.24, 2.45) is 7.05 Å². The van der Waals surface area contributed by atoms with E-state index in [1.54, 1.807) is 0 Å². The van der Waals surface area contributed by atoms with Crippen LogP contribution in [0, 0.1) is 0 Å². The molecule has 0 aliphatic carbocycles. The van der Waals surface area contributed by atoms with Crippen molar-refractivity contribution in [1.29, 1.82) is 0 Å². The lowest BCUT2D eigenvalue weighted by Crippen LogP contribution is -2.28. The number of aromatic nitrogens is 1. The summed E-state index contributed by atoms with van der Waals surface area (Å²) in [5.74, 6) is 0. The van der Waals surface area contributed by atoms with Gasteiger partial charge in [0.2, 0.25) is 15.5 Å². The monoisotopic (exact) mass is 334 g/mol. The molecule has 0 radical (unpaired) electrons. The molecule has 2 aromatic rings. The van der Waals surface area contributed by atoms with Crippen molar-refractivity contribution in [3.63, 3.8) is 0 Å². The summed E-state index contributed by atoms with van der Waals surface area (Å²) in [4.78, 5) is 11.8. The van der Waals surface area contributed by atoms with E-state index in [4.69, 9.17) is 0 Å². The molecule has 1 heterocycles. The lowest BCUT2D eigenvalue weighted by atomic mass is 10.1. The molecule has 9 heteroatoms. The maximum Gasteiger partial charge on any atom is 0.416 e. The van der Waals surface area contributed by atoms with E-state index in [-0.39, 0.29) is 10.9 Å². The van der Waals surface area contributed by atoms with Crippen molar-refractivity contribution in [2.75, 3.05) is 14.1 Å². The van der Waals surface area contributed by atoms with Crippen LogP contribution in [-0.4, -0.2) is 31.4 Å². The smallest absolute Gasteiger partial charge is 0.349 e. The number of fused-ring (bicyclic) bond motifs is 1. The van der Waals surface area contributed by atoms with Crippen LogP contribution in [0.4, 0.5) is 13.2 Å². The summed E-state index contributed by atoms with van der Waals surface area (Å²) < 4.78 is 64.5. The van der Waals surface area contributed by atoms with Gasteiger partial charge in [-0.2, -0.15) is 13.2 Å². The van der Waals surface area contributed by atoms with Crippen molar-refractivity contribution in [3.05, 3.63) is 40.2 Å². The molecule has 1 aromatic heterocycles. The maximum atomic E-state index is 12.7. The van der Waals surface area contributed by atoms with Gasteiger partial charge in [-0.05, 0) is 18.2 Å². The molecule has 2 rings (SSSR count). The first-order valence-corrected chi connectivity index (χ1v) is 7.53. The Morgan fingerprint density at radius 1 is 1.18 bits per heavy atom. The van der Waals surface area contributed by atoms with E-state index in [1.165, 1.54) is 25.7 Å². The number of hydrogen-bond acceptors (Lipinski definition) is 3. The van der Waals surface area contributed by atoms with Crippen LogP contribution in [0.2, 0.25) is 0 Å². The minimum absolute atomic E-state index is 0.0116. The topological polar surface area (TPSA) is 59.4 Å². The number of hydrogen-bond donors (Lipinski definition) is 0. The van der Waals surface area contributed by atoms with Gasteiger partial charge in [0.15, 0.2) is 0 Å². The molecule has 0 unspecified atom stereocenters. The first kappa shape index (κ1) is 16.5. The summed E-state index contributed by atoms with van der Waals surface area (Å²) in [5.41, 5.74) is -1.72. The minimum atomic E-state index is -4.54. The van der Waals surface area contributed by atoms with Gasteiger partial charge in [-0.25, -0.2) is 12.7 Å². The van der Waals surface area contributed by atoms with Gasteiger partial charge >= 0.3 is 6.18 Å². The fourth-order valence-electron chi connectivity index (χ4n) is 2.01. The maximum absolute atomic E-state index is 12.7. The second kappa shape index (κ2) is 5.10. The molecule has 0 saturated carbocycles. The van der Waals surface area contributed by atoms with Gasteiger partial charge in [0.25, 0.3) is 0 Å². The van der Waals surface area contributed by atoms with Gasteiger partial charge in [-0.1, -0.05) is 0 Å². The highest BCUT2D eigenvalue weighted by molar-refractivity contribution is 7.89. The van der Waals surface area contributed by atoms with Gasteiger partial charge in [-0.15, -0.1) is 0 Å². The molecular weight excluding hydrogens is 321 g/mol. The number of sulfonamides is 1. The second-order valence-electron chi connectivity index (χ2n) is 4.95. The minimum Gasteiger partial charge on any atom is -0.349 e. The van der Waals surface area contributed by atoms with Crippen LogP contribution in [0.5, 0.6) is 0 Å². The molecule has 1 aromatic carbocycles. The molecule has 120 valence electrons. The summed E-state index contributed by atoms with van der Waals surface area (Å²) in [6, 6.07) is 2.58. The van der Waals surface area contributed by atoms with E-state index in [0.717, 1.165) is 28.7 Å². The van der Waals surface area contributed by atoms with Crippen LogP contribution in [0.3, 0.4) is 0 Å². The Bertz CT molecular complexity index is 899. The van der Waals surface area contributed by atoms with Gasteiger partial charge < -0.3 is 4.57 Å². The van der Waals surface area contributed by atoms with Gasteiger partial charge in [0.1, 0.15) is 4.90 Å². The second-order valence-corrected chi connectivity index (χ2v) is 7.07. The van der Waals surface area contributed by atoms with Crippen molar-refractivity contribution >= 4 is 20.9 Å². The van der Waals surface area contributed by atoms with Crippen LogP contribution in [0.1, 0.15) is 5.56 Å². The van der Waals surface area contributed by atoms with Crippen LogP contribution in [0.25, 0.3) is 10.9 Å². The molecular formula is C13H13F3N2O3S. The zero-order valence-corrected chi connectivity index (χ0v) is 12.8. The number of benzene rings is 1. The summed E-state index contributed by atoms with van der Waals surface area (Å²) >= 11 is 0. The highest BCUT2D eigenvalue weighted by Gasteiger charge is 2.31. The largest absolute Gasteiger partial charge is 0.416 e. The van der Waals surface area contributed by atoms with Gasteiger partial charge in [0, 0.05) is 32.7 Å². The molecule has 0 bridgehead atoms. The van der Waals surface area contributed by atoms with Crippen molar-refractivity contribution in [1.82, 2.24) is 8.87 Å². The van der Waals surface area contributed by atoms with Crippen LogP contribution in [0.15, 0.2) is 34.1 Å². The lowest BCUT2D eigenvalue weighted by molar-refractivity contribution is -0.137. The third kappa shape index (κ3) is 2.61. The van der Waals surface area contributed by atoms with Crippen molar-refractivity contribution in [2.45, 2.75) is 11.1 Å². The standard InChI is InChI=1S/C13H13F3N2O3S/c1-17(2)22(20,21)11-7-18(3)10-6-8(13(14,15)16)4-5-9(10)12(11)19/h4-7H,1-3H3. The highest BCUT2D eigenvalue weighted by atomic mass is 32.2. The fraction of sp³-hybridized carbons (Fsp3) is 0.308. The first-order chi connectivity index (χ1) is 9.96. The highest BCUT2D eigenvalue weighted by Crippen LogP contribution is 2.31. The van der Waals surface area contributed by atoms with Crippen LogP contribution >= 0.6 is 0 Å². The SMILES string of the molecule is CN(C)S(=O)(=O)c1cn(C)c2cc(C(F)(F)F)ccc2c1=O. The zero-order chi connectivity index (χ0) is 16.9. The Labute approximate surface area is 124 Å². The van der Waals surface area contributed by atoms with Crippen LogP contribution in [-0.2, 0) is 23.2 Å². The van der Waals surface area contributed by atoms with E-state index >= 15 is 0 Å². The van der Waals surface area contributed by atoms with E-state index in [1.807, 2.05) is 0 Å². The van der Waals surface area contributed by atoms with Crippen molar-refractivity contribution < 1.29 is 21.6 Å². The Morgan fingerprint density at radius 3 is 2.27 bits per heavy atom. The zero-order valence-electron chi connectivity index (χ0n) is 12.0. The molecule has 0 N–H and O–H groups in total. The quantitative estimate of drug-likeness (QED) is 0.842. The van der Waals surface area contributed by atoms with E-state index in [2.05, 4.69) is 0 Å². The third-order valence-electron chi connectivity index (χ3n) is 3.24. The molecule has 0 amide bonds. The predicted octanol–water partition coefficient (Wildman–Crippen LogP) is 1.81. The normalized spacial score (nSPS) is 13.0. The number of nitrogens with zero attached hydrogens (tertiary/aromatic N) is 2. The Balaban J connectivity index is 2.85. The summed E-state index contributed by atoms with van der Waals surface area (Å²) in [6.45, 7) is 0. The molecule has 0 aliphatic heterocycles.